The highest BCUT2D eigenvalue weighted by atomic mass is 32.2. The fraction of sp³-hybridized carbons (Fsp3) is 0.478. The zero-order chi connectivity index (χ0) is 24.2. The molecule has 0 atom stereocenters. The zero-order valence-corrected chi connectivity index (χ0v) is 21.2. The molecule has 1 aliphatic heterocycles. The van der Waals surface area contributed by atoms with Gasteiger partial charge in [0.25, 0.3) is 0 Å². The molecule has 8 nitrogen and oxygen atoms in total. The van der Waals surface area contributed by atoms with Gasteiger partial charge in [-0.1, -0.05) is 26.0 Å². The molecular weight excluding hydrogens is 464 g/mol. The van der Waals surface area contributed by atoms with E-state index in [1.54, 1.807) is 24.3 Å². The fourth-order valence-corrected chi connectivity index (χ4v) is 7.27. The normalized spacial score (nSPS) is 16.4. The van der Waals surface area contributed by atoms with Gasteiger partial charge < -0.3 is 9.47 Å². The first kappa shape index (κ1) is 25.5. The van der Waals surface area contributed by atoms with E-state index >= 15 is 0 Å². The second kappa shape index (κ2) is 10.4. The summed E-state index contributed by atoms with van der Waals surface area (Å²) in [6, 6.07) is 10.3. The van der Waals surface area contributed by atoms with E-state index in [0.29, 0.717) is 19.3 Å². The Hall–Kier alpha value is -2.14. The summed E-state index contributed by atoms with van der Waals surface area (Å²) in [5, 5.41) is 0. The molecule has 2 aromatic rings. The lowest BCUT2D eigenvalue weighted by Crippen LogP contribution is -2.37. The molecule has 0 bridgehead atoms. The van der Waals surface area contributed by atoms with Crippen LogP contribution in [0.25, 0.3) is 0 Å². The Morgan fingerprint density at radius 3 is 1.42 bits per heavy atom. The number of ether oxygens (including phenoxy) is 2. The SMILES string of the molecule is CCc1ccc(OC)c(S(=O)(=O)N2CCCN(S(=O)(=O)c3cc(CC)ccc3OC)CC2)c1. The zero-order valence-electron chi connectivity index (χ0n) is 19.6. The predicted octanol–water partition coefficient (Wildman–Crippen LogP) is 2.91. The largest absolute Gasteiger partial charge is 0.495 e. The average Bonchev–Trinajstić information content (AvgIpc) is 3.10. The van der Waals surface area contributed by atoms with Crippen molar-refractivity contribution in [2.75, 3.05) is 40.4 Å². The van der Waals surface area contributed by atoms with Crippen molar-refractivity contribution in [3.05, 3.63) is 47.5 Å². The summed E-state index contributed by atoms with van der Waals surface area (Å²) in [4.78, 5) is 0.218. The van der Waals surface area contributed by atoms with E-state index in [1.807, 2.05) is 26.0 Å². The smallest absolute Gasteiger partial charge is 0.246 e. The van der Waals surface area contributed by atoms with Crippen LogP contribution in [0.4, 0.5) is 0 Å². The number of hydrogen-bond acceptors (Lipinski definition) is 6. The van der Waals surface area contributed by atoms with Crippen molar-refractivity contribution < 1.29 is 26.3 Å². The van der Waals surface area contributed by atoms with Crippen LogP contribution in [0, 0.1) is 0 Å². The Morgan fingerprint density at radius 2 is 1.09 bits per heavy atom. The van der Waals surface area contributed by atoms with E-state index in [1.165, 1.54) is 22.8 Å². The van der Waals surface area contributed by atoms with Gasteiger partial charge in [0.05, 0.1) is 14.2 Å². The number of methoxy groups -OCH3 is 2. The summed E-state index contributed by atoms with van der Waals surface area (Å²) >= 11 is 0. The van der Waals surface area contributed by atoms with Crippen molar-refractivity contribution in [2.45, 2.75) is 42.9 Å². The summed E-state index contributed by atoms with van der Waals surface area (Å²) in [5.74, 6) is 0.559. The minimum absolute atomic E-state index is 0.0524. The molecular formula is C23H32N2O6S2. The summed E-state index contributed by atoms with van der Waals surface area (Å²) in [6.07, 6.45) is 1.76. The van der Waals surface area contributed by atoms with Crippen LogP contribution in [-0.4, -0.2) is 65.8 Å². The number of rotatable bonds is 8. The van der Waals surface area contributed by atoms with Crippen LogP contribution in [0.15, 0.2) is 46.2 Å². The summed E-state index contributed by atoms with van der Waals surface area (Å²) in [7, 11) is -4.83. The molecule has 182 valence electrons. The Labute approximate surface area is 197 Å². The monoisotopic (exact) mass is 496 g/mol. The van der Waals surface area contributed by atoms with Crippen LogP contribution in [-0.2, 0) is 32.9 Å². The quantitative estimate of drug-likeness (QED) is 0.558. The Balaban J connectivity index is 1.90. The van der Waals surface area contributed by atoms with Crippen molar-refractivity contribution in [3.63, 3.8) is 0 Å². The fourth-order valence-electron chi connectivity index (χ4n) is 3.91. The Bertz CT molecular complexity index is 1100. The molecule has 10 heteroatoms. The molecule has 1 fully saturated rings. The van der Waals surface area contributed by atoms with Crippen LogP contribution in [0.5, 0.6) is 11.5 Å². The second-order valence-corrected chi connectivity index (χ2v) is 11.7. The first-order valence-electron chi connectivity index (χ1n) is 11.0. The maximum atomic E-state index is 13.5. The minimum Gasteiger partial charge on any atom is -0.495 e. The highest BCUT2D eigenvalue weighted by Crippen LogP contribution is 2.31. The first-order chi connectivity index (χ1) is 15.7. The molecule has 0 spiro atoms. The number of benzene rings is 2. The Kier molecular flexibility index (Phi) is 8.04. The molecule has 3 rings (SSSR count). The molecule has 0 saturated carbocycles. The van der Waals surface area contributed by atoms with Crippen LogP contribution in [0.1, 0.15) is 31.4 Å². The van der Waals surface area contributed by atoms with Gasteiger partial charge in [0.2, 0.25) is 20.0 Å². The maximum absolute atomic E-state index is 13.5. The standard InChI is InChI=1S/C23H32N2O6S2/c1-5-18-8-10-20(30-3)22(16-18)32(26,27)24-12-7-13-25(15-14-24)33(28,29)23-17-19(6-2)9-11-21(23)31-4/h8-11,16-17H,5-7,12-15H2,1-4H3. The Morgan fingerprint density at radius 1 is 0.697 bits per heavy atom. The maximum Gasteiger partial charge on any atom is 0.246 e. The third-order valence-electron chi connectivity index (χ3n) is 5.92. The minimum atomic E-state index is -3.86. The van der Waals surface area contributed by atoms with Gasteiger partial charge in [-0.3, -0.25) is 0 Å². The highest BCUT2D eigenvalue weighted by molar-refractivity contribution is 7.89. The van der Waals surface area contributed by atoms with E-state index in [2.05, 4.69) is 0 Å². The van der Waals surface area contributed by atoms with Crippen molar-refractivity contribution >= 4 is 20.0 Å². The summed E-state index contributed by atoms with van der Waals surface area (Å²) in [6.45, 7) is 4.46. The van der Waals surface area contributed by atoms with Gasteiger partial charge in [-0.05, 0) is 54.7 Å². The van der Waals surface area contributed by atoms with Gasteiger partial charge in [0.15, 0.2) is 0 Å². The van der Waals surface area contributed by atoms with Gasteiger partial charge in [-0.15, -0.1) is 0 Å². The van der Waals surface area contributed by atoms with Gasteiger partial charge in [-0.2, -0.15) is 8.61 Å². The average molecular weight is 497 g/mol. The van der Waals surface area contributed by atoms with Crippen LogP contribution < -0.4 is 9.47 Å². The van der Waals surface area contributed by atoms with Gasteiger partial charge in [0, 0.05) is 26.2 Å². The van der Waals surface area contributed by atoms with Crippen molar-refractivity contribution in [2.24, 2.45) is 0 Å². The molecule has 2 aromatic carbocycles. The van der Waals surface area contributed by atoms with E-state index in [9.17, 15) is 16.8 Å². The molecule has 0 aromatic heterocycles. The molecule has 0 amide bonds. The highest BCUT2D eigenvalue weighted by Gasteiger charge is 2.34. The molecule has 33 heavy (non-hydrogen) atoms. The first-order valence-corrected chi connectivity index (χ1v) is 13.9. The number of hydrogen-bond donors (Lipinski definition) is 0. The molecule has 0 radical (unpaired) electrons. The van der Waals surface area contributed by atoms with Crippen molar-refractivity contribution in [3.8, 4) is 11.5 Å². The van der Waals surface area contributed by atoms with Gasteiger partial charge in [0.1, 0.15) is 21.3 Å². The van der Waals surface area contributed by atoms with Gasteiger partial charge >= 0.3 is 0 Å². The molecule has 0 N–H and O–H groups in total. The molecule has 0 unspecified atom stereocenters. The van der Waals surface area contributed by atoms with E-state index in [0.717, 1.165) is 11.1 Å². The molecule has 1 saturated heterocycles. The van der Waals surface area contributed by atoms with E-state index in [4.69, 9.17) is 9.47 Å². The number of aryl methyl sites for hydroxylation is 2. The van der Waals surface area contributed by atoms with Crippen LogP contribution in [0.3, 0.4) is 0 Å². The van der Waals surface area contributed by atoms with Gasteiger partial charge in [-0.25, -0.2) is 16.8 Å². The number of nitrogens with zero attached hydrogens (tertiary/aromatic N) is 2. The third kappa shape index (κ3) is 5.18. The van der Waals surface area contributed by atoms with E-state index in [-0.39, 0.29) is 47.5 Å². The lowest BCUT2D eigenvalue weighted by Gasteiger charge is -2.23. The lowest BCUT2D eigenvalue weighted by molar-refractivity contribution is 0.383. The third-order valence-corrected chi connectivity index (χ3v) is 9.76. The molecule has 1 aliphatic rings. The van der Waals surface area contributed by atoms with Crippen LogP contribution in [0.2, 0.25) is 0 Å². The van der Waals surface area contributed by atoms with Crippen molar-refractivity contribution in [1.29, 1.82) is 0 Å². The topological polar surface area (TPSA) is 93.2 Å². The molecule has 0 aliphatic carbocycles. The van der Waals surface area contributed by atoms with E-state index < -0.39 is 20.0 Å². The number of sulfonamides is 2. The van der Waals surface area contributed by atoms with Crippen molar-refractivity contribution in [1.82, 2.24) is 8.61 Å². The van der Waals surface area contributed by atoms with Crippen LogP contribution >= 0.6 is 0 Å². The summed E-state index contributed by atoms with van der Waals surface area (Å²) < 4.78 is 67.1. The second-order valence-electron chi connectivity index (χ2n) is 7.84. The lowest BCUT2D eigenvalue weighted by atomic mass is 10.2. The summed E-state index contributed by atoms with van der Waals surface area (Å²) in [5.41, 5.74) is 1.77. The predicted molar refractivity (Wildman–Crippen MR) is 127 cm³/mol. The molecule has 1 heterocycles.